The van der Waals surface area contributed by atoms with Crippen molar-refractivity contribution in [3.05, 3.63) is 22.4 Å². The van der Waals surface area contributed by atoms with Crippen molar-refractivity contribution in [2.75, 3.05) is 14.2 Å². The quantitative estimate of drug-likeness (QED) is 0.638. The number of hydrogen-bond donors (Lipinski definition) is 1. The lowest BCUT2D eigenvalue weighted by molar-refractivity contribution is -0.152. The maximum Gasteiger partial charge on any atom is 0.326 e. The summed E-state index contributed by atoms with van der Waals surface area (Å²) in [6, 6.07) is 3.44. The van der Waals surface area contributed by atoms with E-state index in [1.165, 1.54) is 25.5 Å². The van der Waals surface area contributed by atoms with Crippen molar-refractivity contribution in [2.24, 2.45) is 11.8 Å². The van der Waals surface area contributed by atoms with Gasteiger partial charge in [-0.1, -0.05) is 6.07 Å². The van der Waals surface area contributed by atoms with Crippen LogP contribution in [0.4, 0.5) is 0 Å². The molecule has 0 aliphatic carbocycles. The summed E-state index contributed by atoms with van der Waals surface area (Å²) in [6.45, 7) is 1.63. The number of methoxy groups -OCH3 is 1. The predicted octanol–water partition coefficient (Wildman–Crippen LogP) is 0.555. The van der Waals surface area contributed by atoms with Crippen molar-refractivity contribution in [3.63, 3.8) is 0 Å². The zero-order chi connectivity index (χ0) is 15.4. The van der Waals surface area contributed by atoms with Crippen molar-refractivity contribution in [3.8, 4) is 0 Å². The Morgan fingerprint density at radius 3 is 2.71 bits per heavy atom. The standard InChI is InChI=1S/C14H16N2O4S/c1-14(13(19)20-3)9-8(11(17)16(2)12(9)18)10(15-14)7-5-4-6-21-7/h4-6,8-10,15H,1-3H3/t8-,9+,10+,14+/m0/s1. The Labute approximate surface area is 126 Å². The van der Waals surface area contributed by atoms with Gasteiger partial charge in [0.05, 0.1) is 25.0 Å². The molecule has 7 heteroatoms. The van der Waals surface area contributed by atoms with E-state index in [2.05, 4.69) is 5.32 Å². The summed E-state index contributed by atoms with van der Waals surface area (Å²) < 4.78 is 4.85. The first kappa shape index (κ1) is 14.2. The number of nitrogens with one attached hydrogen (secondary N) is 1. The molecular formula is C14H16N2O4S. The van der Waals surface area contributed by atoms with E-state index in [9.17, 15) is 14.4 Å². The predicted molar refractivity (Wildman–Crippen MR) is 75.4 cm³/mol. The van der Waals surface area contributed by atoms with Gasteiger partial charge in [0, 0.05) is 11.9 Å². The molecule has 0 bridgehead atoms. The number of hydrogen-bond acceptors (Lipinski definition) is 6. The minimum absolute atomic E-state index is 0.247. The van der Waals surface area contributed by atoms with Crippen molar-refractivity contribution < 1.29 is 19.1 Å². The molecule has 2 fully saturated rings. The molecule has 3 heterocycles. The van der Waals surface area contributed by atoms with E-state index in [4.69, 9.17) is 4.74 Å². The highest BCUT2D eigenvalue weighted by molar-refractivity contribution is 7.10. The second-order valence-electron chi connectivity index (χ2n) is 5.57. The third-order valence-electron chi connectivity index (χ3n) is 4.47. The Morgan fingerprint density at radius 1 is 1.43 bits per heavy atom. The summed E-state index contributed by atoms with van der Waals surface area (Å²) in [4.78, 5) is 39.1. The molecule has 112 valence electrons. The zero-order valence-electron chi connectivity index (χ0n) is 12.0. The lowest BCUT2D eigenvalue weighted by Crippen LogP contribution is -2.53. The van der Waals surface area contributed by atoms with Gasteiger partial charge in [-0.25, -0.2) is 0 Å². The van der Waals surface area contributed by atoms with Crippen LogP contribution in [0.1, 0.15) is 17.8 Å². The number of ether oxygens (including phenoxy) is 1. The van der Waals surface area contributed by atoms with E-state index in [0.29, 0.717) is 0 Å². The van der Waals surface area contributed by atoms with Crippen LogP contribution >= 0.6 is 11.3 Å². The Bertz CT molecular complexity index is 615. The van der Waals surface area contributed by atoms with E-state index < -0.39 is 23.3 Å². The fourth-order valence-electron chi connectivity index (χ4n) is 3.39. The molecule has 1 aromatic heterocycles. The van der Waals surface area contributed by atoms with Crippen molar-refractivity contribution in [1.29, 1.82) is 0 Å². The number of carbonyl (C=O) groups excluding carboxylic acids is 3. The van der Waals surface area contributed by atoms with Crippen LogP contribution in [0.3, 0.4) is 0 Å². The fraction of sp³-hybridized carbons (Fsp3) is 0.500. The van der Waals surface area contributed by atoms with Gasteiger partial charge < -0.3 is 4.74 Å². The number of likely N-dealkylation sites (tertiary alicyclic amines) is 1. The third-order valence-corrected chi connectivity index (χ3v) is 5.42. The molecule has 1 aromatic rings. The first-order valence-corrected chi connectivity index (χ1v) is 7.50. The largest absolute Gasteiger partial charge is 0.468 e. The van der Waals surface area contributed by atoms with Gasteiger partial charge in [-0.2, -0.15) is 0 Å². The highest BCUT2D eigenvalue weighted by Crippen LogP contribution is 2.49. The SMILES string of the molecule is COC(=O)[C@]1(C)N[C@H](c2cccs2)[C@H]2C(=O)N(C)C(=O)[C@@H]21. The van der Waals surface area contributed by atoms with Gasteiger partial charge in [0.25, 0.3) is 0 Å². The molecule has 3 rings (SSSR count). The maximum absolute atomic E-state index is 12.4. The molecule has 0 spiro atoms. The van der Waals surface area contributed by atoms with Crippen molar-refractivity contribution in [1.82, 2.24) is 10.2 Å². The molecule has 2 aliphatic heterocycles. The average molecular weight is 308 g/mol. The number of rotatable bonds is 2. The first-order chi connectivity index (χ1) is 9.91. The van der Waals surface area contributed by atoms with Gasteiger partial charge in [-0.3, -0.25) is 24.6 Å². The van der Waals surface area contributed by atoms with Crippen molar-refractivity contribution >= 4 is 29.1 Å². The summed E-state index contributed by atoms with van der Waals surface area (Å²) in [6.07, 6.45) is 0. The molecule has 21 heavy (non-hydrogen) atoms. The maximum atomic E-state index is 12.4. The number of carbonyl (C=O) groups is 3. The molecule has 2 amide bonds. The van der Waals surface area contributed by atoms with Gasteiger partial charge in [0.15, 0.2) is 0 Å². The number of amides is 2. The Balaban J connectivity index is 2.10. The molecule has 0 saturated carbocycles. The summed E-state index contributed by atoms with van der Waals surface area (Å²) in [5, 5.41) is 5.08. The van der Waals surface area contributed by atoms with Gasteiger partial charge in [-0.05, 0) is 18.4 Å². The van der Waals surface area contributed by atoms with Crippen LogP contribution in [0, 0.1) is 11.8 Å². The molecule has 6 nitrogen and oxygen atoms in total. The normalized spacial score (nSPS) is 35.2. The van der Waals surface area contributed by atoms with E-state index in [0.717, 1.165) is 9.78 Å². The topological polar surface area (TPSA) is 75.7 Å². The van der Waals surface area contributed by atoms with E-state index in [1.54, 1.807) is 6.92 Å². The first-order valence-electron chi connectivity index (χ1n) is 6.62. The Hall–Kier alpha value is -1.73. The van der Waals surface area contributed by atoms with Crippen molar-refractivity contribution in [2.45, 2.75) is 18.5 Å². The van der Waals surface area contributed by atoms with Crippen LogP contribution in [0.2, 0.25) is 0 Å². The van der Waals surface area contributed by atoms with Crippen LogP contribution in [-0.2, 0) is 19.1 Å². The van der Waals surface area contributed by atoms with Gasteiger partial charge in [0.1, 0.15) is 5.54 Å². The highest BCUT2D eigenvalue weighted by atomic mass is 32.1. The Kier molecular flexibility index (Phi) is 3.14. The number of esters is 1. The minimum atomic E-state index is -1.19. The molecule has 0 aromatic carbocycles. The van der Waals surface area contributed by atoms with Crippen LogP contribution < -0.4 is 5.32 Å². The molecule has 0 radical (unpaired) electrons. The summed E-state index contributed by atoms with van der Waals surface area (Å²) in [5.74, 6) is -2.39. The number of nitrogens with zero attached hydrogens (tertiary/aromatic N) is 1. The number of fused-ring (bicyclic) bond motifs is 1. The zero-order valence-corrected chi connectivity index (χ0v) is 12.8. The second kappa shape index (κ2) is 4.64. The summed E-state index contributed by atoms with van der Waals surface area (Å²) in [5.41, 5.74) is -1.19. The Morgan fingerprint density at radius 2 is 2.14 bits per heavy atom. The van der Waals surface area contributed by atoms with Gasteiger partial charge >= 0.3 is 5.97 Å². The molecule has 2 aliphatic rings. The number of thiophene rings is 1. The minimum Gasteiger partial charge on any atom is -0.468 e. The third kappa shape index (κ3) is 1.77. The van der Waals surface area contributed by atoms with Crippen LogP contribution in [0.5, 0.6) is 0 Å². The fourth-order valence-corrected chi connectivity index (χ4v) is 4.22. The van der Waals surface area contributed by atoms with Crippen LogP contribution in [0.25, 0.3) is 0 Å². The molecule has 0 unspecified atom stereocenters. The lowest BCUT2D eigenvalue weighted by atomic mass is 9.81. The molecule has 1 N–H and O–H groups in total. The number of imide groups is 1. The highest BCUT2D eigenvalue weighted by Gasteiger charge is 2.66. The molecular weight excluding hydrogens is 292 g/mol. The van der Waals surface area contributed by atoms with E-state index >= 15 is 0 Å². The molecule has 4 atom stereocenters. The van der Waals surface area contributed by atoms with E-state index in [1.807, 2.05) is 17.5 Å². The summed E-state index contributed by atoms with van der Waals surface area (Å²) >= 11 is 1.50. The van der Waals surface area contributed by atoms with Gasteiger partial charge in [-0.15, -0.1) is 11.3 Å². The smallest absolute Gasteiger partial charge is 0.326 e. The molecule has 2 saturated heterocycles. The van der Waals surface area contributed by atoms with Crippen LogP contribution in [0.15, 0.2) is 17.5 Å². The van der Waals surface area contributed by atoms with E-state index in [-0.39, 0.29) is 17.9 Å². The monoisotopic (exact) mass is 308 g/mol. The lowest BCUT2D eigenvalue weighted by Gasteiger charge is -2.27. The second-order valence-corrected chi connectivity index (χ2v) is 6.55. The average Bonchev–Trinajstić information content (AvgIpc) is 3.14. The summed E-state index contributed by atoms with van der Waals surface area (Å²) in [7, 11) is 2.75. The van der Waals surface area contributed by atoms with Gasteiger partial charge in [0.2, 0.25) is 11.8 Å². The van der Waals surface area contributed by atoms with Crippen LogP contribution in [-0.4, -0.2) is 42.4 Å².